The van der Waals surface area contributed by atoms with Crippen molar-refractivity contribution < 1.29 is 0 Å². The lowest BCUT2D eigenvalue weighted by atomic mass is 9.75. The van der Waals surface area contributed by atoms with Crippen molar-refractivity contribution in [3.05, 3.63) is 69.2 Å². The lowest BCUT2D eigenvalue weighted by Gasteiger charge is -2.38. The Labute approximate surface area is 139 Å². The Morgan fingerprint density at radius 2 is 1.76 bits per heavy atom. The molecule has 3 rings (SSSR count). The van der Waals surface area contributed by atoms with E-state index in [1.807, 2.05) is 12.1 Å². The summed E-state index contributed by atoms with van der Waals surface area (Å²) in [6, 6.07) is 17.7. The first-order chi connectivity index (χ1) is 10.1. The van der Waals surface area contributed by atoms with Gasteiger partial charge in [0.15, 0.2) is 0 Å². The summed E-state index contributed by atoms with van der Waals surface area (Å²) in [4.78, 5) is 0. The third kappa shape index (κ3) is 3.50. The molecule has 110 valence electrons. The van der Waals surface area contributed by atoms with Gasteiger partial charge in [-0.15, -0.1) is 0 Å². The minimum absolute atomic E-state index is 0.372. The topological polar surface area (TPSA) is 12.0 Å². The summed E-state index contributed by atoms with van der Waals surface area (Å²) in [6.07, 6.45) is 2.41. The average molecular weight is 365 g/mol. The zero-order valence-corrected chi connectivity index (χ0v) is 14.4. The van der Waals surface area contributed by atoms with Crippen LogP contribution in [0.4, 0.5) is 0 Å². The highest BCUT2D eigenvalue weighted by Crippen LogP contribution is 2.38. The molecule has 0 aliphatic heterocycles. The van der Waals surface area contributed by atoms with E-state index in [1.54, 1.807) is 0 Å². The molecule has 2 aromatic rings. The van der Waals surface area contributed by atoms with E-state index in [4.69, 9.17) is 11.6 Å². The molecule has 0 aromatic heterocycles. The fraction of sp³-hybridized carbons (Fsp3) is 0.333. The molecule has 0 unspecified atom stereocenters. The van der Waals surface area contributed by atoms with Crippen LogP contribution in [0.3, 0.4) is 0 Å². The Balaban J connectivity index is 1.55. The van der Waals surface area contributed by atoms with Gasteiger partial charge in [-0.1, -0.05) is 57.9 Å². The Kier molecular flexibility index (Phi) is 4.68. The summed E-state index contributed by atoms with van der Waals surface area (Å²) in [6.45, 7) is 2.23. The first-order valence-electron chi connectivity index (χ1n) is 7.39. The smallest absolute Gasteiger partial charge is 0.0406 e. The third-order valence-electron chi connectivity index (χ3n) is 4.34. The predicted octanol–water partition coefficient (Wildman–Crippen LogP) is 5.70. The van der Waals surface area contributed by atoms with E-state index in [9.17, 15) is 0 Å². The SMILES string of the molecule is C[C@H](NC1CC(c2ccc(Cl)cc2)C1)c1ccccc1Br. The second-order valence-electron chi connectivity index (χ2n) is 5.83. The van der Waals surface area contributed by atoms with Gasteiger partial charge in [-0.3, -0.25) is 0 Å². The standard InChI is InChI=1S/C18H19BrClN/c1-12(17-4-2-3-5-18(17)19)21-16-10-14(11-16)13-6-8-15(20)9-7-13/h2-9,12,14,16,21H,10-11H2,1H3/t12-,14?,16?/m0/s1. The summed E-state index contributed by atoms with van der Waals surface area (Å²) < 4.78 is 1.18. The van der Waals surface area contributed by atoms with Crippen molar-refractivity contribution in [1.29, 1.82) is 0 Å². The fourth-order valence-corrected chi connectivity index (χ4v) is 3.78. The molecule has 2 aromatic carbocycles. The number of hydrogen-bond acceptors (Lipinski definition) is 1. The van der Waals surface area contributed by atoms with E-state index >= 15 is 0 Å². The van der Waals surface area contributed by atoms with E-state index in [-0.39, 0.29) is 0 Å². The monoisotopic (exact) mass is 363 g/mol. The normalized spacial score (nSPS) is 22.6. The molecular weight excluding hydrogens is 346 g/mol. The van der Waals surface area contributed by atoms with Gasteiger partial charge in [0, 0.05) is 21.6 Å². The summed E-state index contributed by atoms with van der Waals surface area (Å²) in [5, 5.41) is 4.54. The van der Waals surface area contributed by atoms with Crippen molar-refractivity contribution in [2.24, 2.45) is 0 Å². The van der Waals surface area contributed by atoms with Crippen molar-refractivity contribution in [3.63, 3.8) is 0 Å². The van der Waals surface area contributed by atoms with Crippen LogP contribution < -0.4 is 5.32 Å². The van der Waals surface area contributed by atoms with E-state index in [0.717, 1.165) is 5.02 Å². The molecule has 1 aliphatic rings. The van der Waals surface area contributed by atoms with Crippen LogP contribution in [0, 0.1) is 0 Å². The molecular formula is C18H19BrClN. The molecule has 0 amide bonds. The van der Waals surface area contributed by atoms with Gasteiger partial charge >= 0.3 is 0 Å². The van der Waals surface area contributed by atoms with Gasteiger partial charge < -0.3 is 5.32 Å². The minimum Gasteiger partial charge on any atom is -0.307 e. The maximum atomic E-state index is 5.94. The van der Waals surface area contributed by atoms with Gasteiger partial charge in [-0.25, -0.2) is 0 Å². The Bertz CT molecular complexity index is 605. The number of benzene rings is 2. The van der Waals surface area contributed by atoms with E-state index in [2.05, 4.69) is 64.6 Å². The van der Waals surface area contributed by atoms with Gasteiger partial charge in [0.25, 0.3) is 0 Å². The van der Waals surface area contributed by atoms with Crippen LogP contribution in [-0.4, -0.2) is 6.04 Å². The van der Waals surface area contributed by atoms with Gasteiger partial charge in [0.1, 0.15) is 0 Å². The van der Waals surface area contributed by atoms with Crippen LogP contribution in [-0.2, 0) is 0 Å². The van der Waals surface area contributed by atoms with Crippen molar-refractivity contribution in [2.45, 2.75) is 37.8 Å². The molecule has 3 heteroatoms. The van der Waals surface area contributed by atoms with E-state index < -0.39 is 0 Å². The van der Waals surface area contributed by atoms with Crippen molar-refractivity contribution in [2.75, 3.05) is 0 Å². The molecule has 0 heterocycles. The molecule has 1 atom stereocenters. The number of nitrogens with one attached hydrogen (secondary N) is 1. The molecule has 21 heavy (non-hydrogen) atoms. The molecule has 0 saturated heterocycles. The third-order valence-corrected chi connectivity index (χ3v) is 5.31. The molecule has 0 radical (unpaired) electrons. The summed E-state index contributed by atoms with van der Waals surface area (Å²) in [7, 11) is 0. The quantitative estimate of drug-likeness (QED) is 0.734. The molecule has 1 saturated carbocycles. The second kappa shape index (κ2) is 6.51. The molecule has 0 bridgehead atoms. The maximum absolute atomic E-state index is 5.94. The molecule has 1 fully saturated rings. The van der Waals surface area contributed by atoms with Crippen LogP contribution in [0.1, 0.15) is 42.9 Å². The minimum atomic E-state index is 0.372. The fourth-order valence-electron chi connectivity index (χ4n) is 3.03. The highest BCUT2D eigenvalue weighted by Gasteiger charge is 2.31. The van der Waals surface area contributed by atoms with Crippen LogP contribution in [0.2, 0.25) is 5.02 Å². The van der Waals surface area contributed by atoms with Crippen molar-refractivity contribution >= 4 is 27.5 Å². The summed E-state index contributed by atoms with van der Waals surface area (Å²) in [5.41, 5.74) is 2.73. The average Bonchev–Trinajstić information content (AvgIpc) is 2.44. The van der Waals surface area contributed by atoms with Gasteiger partial charge in [-0.2, -0.15) is 0 Å². The number of hydrogen-bond donors (Lipinski definition) is 1. The van der Waals surface area contributed by atoms with Crippen molar-refractivity contribution in [1.82, 2.24) is 5.32 Å². The largest absolute Gasteiger partial charge is 0.307 e. The molecule has 0 spiro atoms. The van der Waals surface area contributed by atoms with Crippen LogP contribution in [0.25, 0.3) is 0 Å². The first kappa shape index (κ1) is 15.1. The molecule has 1 aliphatic carbocycles. The zero-order valence-electron chi connectivity index (χ0n) is 12.0. The van der Waals surface area contributed by atoms with Crippen LogP contribution in [0.15, 0.2) is 53.0 Å². The number of rotatable bonds is 4. The van der Waals surface area contributed by atoms with Crippen LogP contribution in [0.5, 0.6) is 0 Å². The summed E-state index contributed by atoms with van der Waals surface area (Å²) in [5.74, 6) is 0.672. The maximum Gasteiger partial charge on any atom is 0.0406 e. The zero-order chi connectivity index (χ0) is 14.8. The predicted molar refractivity (Wildman–Crippen MR) is 92.9 cm³/mol. The van der Waals surface area contributed by atoms with Gasteiger partial charge in [0.05, 0.1) is 0 Å². The first-order valence-corrected chi connectivity index (χ1v) is 8.56. The number of halogens is 2. The Morgan fingerprint density at radius 3 is 2.43 bits per heavy atom. The van der Waals surface area contributed by atoms with Gasteiger partial charge in [0.2, 0.25) is 0 Å². The highest BCUT2D eigenvalue weighted by molar-refractivity contribution is 9.10. The Hall–Kier alpha value is -0.830. The lowest BCUT2D eigenvalue weighted by Crippen LogP contribution is -2.41. The highest BCUT2D eigenvalue weighted by atomic mass is 79.9. The lowest BCUT2D eigenvalue weighted by molar-refractivity contribution is 0.270. The van der Waals surface area contributed by atoms with E-state index in [1.165, 1.54) is 28.4 Å². The van der Waals surface area contributed by atoms with E-state index in [0.29, 0.717) is 18.0 Å². The van der Waals surface area contributed by atoms with Gasteiger partial charge in [-0.05, 0) is 55.0 Å². The van der Waals surface area contributed by atoms with Crippen LogP contribution >= 0.6 is 27.5 Å². The molecule has 1 nitrogen and oxygen atoms in total. The molecule has 1 N–H and O–H groups in total. The van der Waals surface area contributed by atoms with Crippen molar-refractivity contribution in [3.8, 4) is 0 Å². The second-order valence-corrected chi connectivity index (χ2v) is 7.12. The summed E-state index contributed by atoms with van der Waals surface area (Å²) >= 11 is 9.57. The Morgan fingerprint density at radius 1 is 1.10 bits per heavy atom.